The van der Waals surface area contributed by atoms with E-state index in [2.05, 4.69) is 10.4 Å². The molecule has 2 aromatic rings. The number of aromatic nitrogens is 2. The van der Waals surface area contributed by atoms with Gasteiger partial charge >= 0.3 is 0 Å². The fourth-order valence-corrected chi connectivity index (χ4v) is 3.90. The summed E-state index contributed by atoms with van der Waals surface area (Å²) >= 11 is 0. The Bertz CT molecular complexity index is 842. The van der Waals surface area contributed by atoms with Crippen LogP contribution in [0.3, 0.4) is 0 Å². The number of hydrogen-bond acceptors (Lipinski definition) is 4. The van der Waals surface area contributed by atoms with Crippen molar-refractivity contribution in [3.63, 3.8) is 0 Å². The van der Waals surface area contributed by atoms with Crippen LogP contribution in [-0.2, 0) is 22.6 Å². The zero-order valence-corrected chi connectivity index (χ0v) is 15.5. The maximum absolute atomic E-state index is 13.0. The molecule has 2 heterocycles. The van der Waals surface area contributed by atoms with Gasteiger partial charge in [-0.3, -0.25) is 14.3 Å². The Hall–Kier alpha value is -2.67. The van der Waals surface area contributed by atoms with E-state index < -0.39 is 0 Å². The molecule has 7 heteroatoms. The van der Waals surface area contributed by atoms with Crippen molar-refractivity contribution >= 4 is 17.5 Å². The number of methoxy groups -OCH3 is 1. The van der Waals surface area contributed by atoms with Crippen LogP contribution < -0.4 is 5.32 Å². The number of carbonyl (C=O) groups excluding carboxylic acids is 2. The highest BCUT2D eigenvalue weighted by molar-refractivity contribution is 6.02. The Morgan fingerprint density at radius 1 is 1.22 bits per heavy atom. The van der Waals surface area contributed by atoms with Crippen molar-refractivity contribution < 1.29 is 14.3 Å². The van der Waals surface area contributed by atoms with Gasteiger partial charge in [-0.1, -0.05) is 24.6 Å². The first-order chi connectivity index (χ1) is 13.1. The predicted octanol–water partition coefficient (Wildman–Crippen LogP) is 2.29. The molecule has 1 saturated carbocycles. The minimum atomic E-state index is -0.357. The fourth-order valence-electron chi connectivity index (χ4n) is 3.90. The second-order valence-corrected chi connectivity index (χ2v) is 7.36. The zero-order chi connectivity index (χ0) is 18.9. The Morgan fingerprint density at radius 3 is 2.67 bits per heavy atom. The topological polar surface area (TPSA) is 76.5 Å². The number of fused-ring (bicyclic) bond motifs is 1. The monoisotopic (exact) mass is 368 g/mol. The van der Waals surface area contributed by atoms with Crippen molar-refractivity contribution in [2.75, 3.05) is 25.6 Å². The molecule has 0 saturated heterocycles. The quantitative estimate of drug-likeness (QED) is 0.879. The molecule has 2 aliphatic rings. The van der Waals surface area contributed by atoms with E-state index >= 15 is 0 Å². The third-order valence-corrected chi connectivity index (χ3v) is 5.53. The molecule has 7 nitrogen and oxygen atoms in total. The molecule has 1 N–H and O–H groups in total. The number of nitrogens with one attached hydrogen (secondary N) is 1. The van der Waals surface area contributed by atoms with E-state index in [1.165, 1.54) is 0 Å². The van der Waals surface area contributed by atoms with Gasteiger partial charge in [0.25, 0.3) is 5.91 Å². The van der Waals surface area contributed by atoms with Crippen LogP contribution in [0.5, 0.6) is 0 Å². The van der Waals surface area contributed by atoms with Crippen LogP contribution in [0.4, 0.5) is 5.69 Å². The van der Waals surface area contributed by atoms with E-state index in [9.17, 15) is 9.59 Å². The fraction of sp³-hybridized carbons (Fsp3) is 0.450. The highest BCUT2D eigenvalue weighted by atomic mass is 16.5. The summed E-state index contributed by atoms with van der Waals surface area (Å²) in [5.41, 5.74) is 1.64. The van der Waals surface area contributed by atoms with E-state index in [-0.39, 0.29) is 17.2 Å². The predicted molar refractivity (Wildman–Crippen MR) is 100 cm³/mol. The molecule has 0 radical (unpaired) electrons. The SMILES string of the molecule is COCC1(C(=O)N2CCn3nc(C(=O)Nc4ccccc4)cc3C2)CCC1. The summed E-state index contributed by atoms with van der Waals surface area (Å²) in [7, 11) is 1.65. The summed E-state index contributed by atoms with van der Waals surface area (Å²) in [5.74, 6) is -0.0749. The molecule has 0 spiro atoms. The second kappa shape index (κ2) is 7.15. The number of hydrogen-bond donors (Lipinski definition) is 1. The lowest BCUT2D eigenvalue weighted by Crippen LogP contribution is -2.52. The number of para-hydroxylation sites is 1. The van der Waals surface area contributed by atoms with E-state index in [4.69, 9.17) is 4.74 Å². The molecule has 4 rings (SSSR count). The highest BCUT2D eigenvalue weighted by Gasteiger charge is 2.46. The molecule has 1 aliphatic heterocycles. The number of nitrogens with zero attached hydrogens (tertiary/aromatic N) is 3. The van der Waals surface area contributed by atoms with Gasteiger partial charge in [0.1, 0.15) is 0 Å². The molecule has 0 unspecified atom stereocenters. The summed E-state index contributed by atoms with van der Waals surface area (Å²) in [6, 6.07) is 11.1. The van der Waals surface area contributed by atoms with Crippen LogP contribution in [0.25, 0.3) is 0 Å². The van der Waals surface area contributed by atoms with Gasteiger partial charge in [0.05, 0.1) is 30.8 Å². The maximum Gasteiger partial charge on any atom is 0.276 e. The second-order valence-electron chi connectivity index (χ2n) is 7.36. The van der Waals surface area contributed by atoms with Gasteiger partial charge < -0.3 is 15.0 Å². The van der Waals surface area contributed by atoms with Gasteiger partial charge in [0, 0.05) is 19.3 Å². The first kappa shape index (κ1) is 17.7. The number of amides is 2. The highest BCUT2D eigenvalue weighted by Crippen LogP contribution is 2.43. The number of anilines is 1. The summed E-state index contributed by atoms with van der Waals surface area (Å²) in [4.78, 5) is 27.4. The van der Waals surface area contributed by atoms with Gasteiger partial charge in [-0.05, 0) is 31.0 Å². The van der Waals surface area contributed by atoms with Gasteiger partial charge in [0.2, 0.25) is 5.91 Å². The lowest BCUT2D eigenvalue weighted by atomic mass is 9.68. The van der Waals surface area contributed by atoms with Gasteiger partial charge in [-0.2, -0.15) is 5.10 Å². The molecule has 1 fully saturated rings. The lowest BCUT2D eigenvalue weighted by molar-refractivity contribution is -0.153. The molecular weight excluding hydrogens is 344 g/mol. The first-order valence-corrected chi connectivity index (χ1v) is 9.33. The van der Waals surface area contributed by atoms with Crippen LogP contribution in [0.2, 0.25) is 0 Å². The summed E-state index contributed by atoms with van der Waals surface area (Å²) < 4.78 is 7.13. The molecule has 0 atom stereocenters. The molecule has 1 aliphatic carbocycles. The summed E-state index contributed by atoms with van der Waals surface area (Å²) in [5, 5.41) is 7.26. The lowest BCUT2D eigenvalue weighted by Gasteiger charge is -2.43. The maximum atomic E-state index is 13.0. The van der Waals surface area contributed by atoms with E-state index in [1.54, 1.807) is 13.2 Å². The molecular formula is C20H24N4O3. The average Bonchev–Trinajstić information content (AvgIpc) is 3.08. The van der Waals surface area contributed by atoms with Crippen molar-refractivity contribution in [2.24, 2.45) is 5.41 Å². The standard InChI is InChI=1S/C20H24N4O3/c1-27-14-20(8-5-9-20)19(26)23-10-11-24-16(13-23)12-17(22-24)18(25)21-15-6-3-2-4-7-15/h2-4,6-7,12H,5,8-11,13-14H2,1H3,(H,21,25). The van der Waals surface area contributed by atoms with Gasteiger partial charge in [-0.15, -0.1) is 0 Å². The van der Waals surface area contributed by atoms with Crippen LogP contribution >= 0.6 is 0 Å². The normalized spacial score (nSPS) is 17.7. The van der Waals surface area contributed by atoms with Crippen LogP contribution in [0.15, 0.2) is 36.4 Å². The van der Waals surface area contributed by atoms with Crippen LogP contribution in [-0.4, -0.2) is 46.8 Å². The number of ether oxygens (including phenoxy) is 1. The largest absolute Gasteiger partial charge is 0.384 e. The van der Waals surface area contributed by atoms with E-state index in [0.717, 1.165) is 30.6 Å². The smallest absolute Gasteiger partial charge is 0.276 e. The van der Waals surface area contributed by atoms with Crippen molar-refractivity contribution in [3.8, 4) is 0 Å². The Kier molecular flexibility index (Phi) is 4.70. The average molecular weight is 368 g/mol. The molecule has 27 heavy (non-hydrogen) atoms. The number of benzene rings is 1. The molecule has 1 aromatic carbocycles. The van der Waals surface area contributed by atoms with Crippen LogP contribution in [0, 0.1) is 5.41 Å². The van der Waals surface area contributed by atoms with Crippen molar-refractivity contribution in [1.29, 1.82) is 0 Å². The third-order valence-electron chi connectivity index (χ3n) is 5.53. The summed E-state index contributed by atoms with van der Waals surface area (Å²) in [6.45, 7) is 2.17. The molecule has 1 aromatic heterocycles. The Labute approximate surface area is 158 Å². The first-order valence-electron chi connectivity index (χ1n) is 9.33. The molecule has 0 bridgehead atoms. The summed E-state index contributed by atoms with van der Waals surface area (Å²) in [6.07, 6.45) is 2.85. The van der Waals surface area contributed by atoms with E-state index in [0.29, 0.717) is 31.9 Å². The third kappa shape index (κ3) is 3.35. The molecule has 142 valence electrons. The van der Waals surface area contributed by atoms with Crippen molar-refractivity contribution in [2.45, 2.75) is 32.4 Å². The van der Waals surface area contributed by atoms with Crippen LogP contribution in [0.1, 0.15) is 35.4 Å². The number of rotatable bonds is 5. The Balaban J connectivity index is 1.46. The van der Waals surface area contributed by atoms with E-state index in [1.807, 2.05) is 39.9 Å². The van der Waals surface area contributed by atoms with Gasteiger partial charge in [0.15, 0.2) is 5.69 Å². The minimum absolute atomic E-state index is 0.165. The molecule has 2 amide bonds. The Morgan fingerprint density at radius 2 is 2.00 bits per heavy atom. The zero-order valence-electron chi connectivity index (χ0n) is 15.5. The van der Waals surface area contributed by atoms with Crippen molar-refractivity contribution in [1.82, 2.24) is 14.7 Å². The van der Waals surface area contributed by atoms with Crippen molar-refractivity contribution in [3.05, 3.63) is 47.8 Å². The van der Waals surface area contributed by atoms with Gasteiger partial charge in [-0.25, -0.2) is 0 Å². The number of carbonyl (C=O) groups is 2. The minimum Gasteiger partial charge on any atom is -0.384 e.